The lowest BCUT2D eigenvalue weighted by atomic mass is 9.97. The van der Waals surface area contributed by atoms with Crippen molar-refractivity contribution in [1.29, 1.82) is 0 Å². The lowest BCUT2D eigenvalue weighted by molar-refractivity contribution is 0.100. The van der Waals surface area contributed by atoms with E-state index in [1.54, 1.807) is 6.07 Å². The van der Waals surface area contributed by atoms with Gasteiger partial charge in [0, 0.05) is 18.2 Å². The van der Waals surface area contributed by atoms with Gasteiger partial charge in [-0.05, 0) is 50.4 Å². The van der Waals surface area contributed by atoms with Gasteiger partial charge in [0.1, 0.15) is 11.3 Å². The Hall–Kier alpha value is -2.66. The molecule has 1 saturated heterocycles. The molecule has 5 heteroatoms. The van der Waals surface area contributed by atoms with Crippen LogP contribution in [-0.2, 0) is 0 Å². The number of para-hydroxylation sites is 1. The van der Waals surface area contributed by atoms with E-state index in [-0.39, 0.29) is 0 Å². The maximum absolute atomic E-state index is 11.6. The van der Waals surface area contributed by atoms with Gasteiger partial charge in [-0.1, -0.05) is 30.3 Å². The van der Waals surface area contributed by atoms with Gasteiger partial charge in [-0.25, -0.2) is 4.98 Å². The number of carbonyl (C=O) groups excluding carboxylic acids is 1. The maximum Gasteiger partial charge on any atom is 0.250 e. The highest BCUT2D eigenvalue weighted by atomic mass is 16.1. The Morgan fingerprint density at radius 1 is 1.23 bits per heavy atom. The summed E-state index contributed by atoms with van der Waals surface area (Å²) in [6.07, 6.45) is 1.21. The molecule has 0 radical (unpaired) electrons. The molecule has 1 fully saturated rings. The molecule has 0 spiro atoms. The third-order valence-electron chi connectivity index (χ3n) is 5.38. The van der Waals surface area contributed by atoms with Crippen molar-refractivity contribution in [1.82, 2.24) is 14.9 Å². The van der Waals surface area contributed by atoms with Crippen molar-refractivity contribution in [2.45, 2.75) is 32.2 Å². The topological polar surface area (TPSA) is 75.0 Å². The van der Waals surface area contributed by atoms with E-state index in [9.17, 15) is 4.79 Å². The Bertz CT molecular complexity index is 942. The van der Waals surface area contributed by atoms with Crippen LogP contribution in [0, 0.1) is 0 Å². The second kappa shape index (κ2) is 6.57. The third-order valence-corrected chi connectivity index (χ3v) is 5.38. The molecule has 1 unspecified atom stereocenters. The van der Waals surface area contributed by atoms with E-state index in [1.807, 2.05) is 12.1 Å². The zero-order valence-corrected chi connectivity index (χ0v) is 15.2. The summed E-state index contributed by atoms with van der Waals surface area (Å²) < 4.78 is 0. The van der Waals surface area contributed by atoms with E-state index >= 15 is 0 Å². The Kier molecular flexibility index (Phi) is 4.24. The number of amides is 1. The molecule has 26 heavy (non-hydrogen) atoms. The number of rotatable bonds is 4. The van der Waals surface area contributed by atoms with Gasteiger partial charge in [0.05, 0.1) is 11.1 Å². The number of imidazole rings is 1. The van der Waals surface area contributed by atoms with Gasteiger partial charge in [0.2, 0.25) is 0 Å². The van der Waals surface area contributed by atoms with Gasteiger partial charge in [0.25, 0.3) is 5.91 Å². The predicted molar refractivity (Wildman–Crippen MR) is 104 cm³/mol. The smallest absolute Gasteiger partial charge is 0.250 e. The SMILES string of the molecule is CC(C)N1CCC(c2ccc(-c3nc4c(C(N)=O)cccc4[nH]3)cc2)C1. The van der Waals surface area contributed by atoms with E-state index in [4.69, 9.17) is 5.73 Å². The normalized spacial score (nSPS) is 18.0. The molecule has 1 aromatic heterocycles. The van der Waals surface area contributed by atoms with Crippen LogP contribution < -0.4 is 5.73 Å². The Labute approximate surface area is 153 Å². The Balaban J connectivity index is 1.60. The largest absolute Gasteiger partial charge is 0.366 e. The summed E-state index contributed by atoms with van der Waals surface area (Å²) in [5.74, 6) is 0.902. The van der Waals surface area contributed by atoms with Crippen LogP contribution in [0.3, 0.4) is 0 Å². The summed E-state index contributed by atoms with van der Waals surface area (Å²) in [6, 6.07) is 14.6. The monoisotopic (exact) mass is 348 g/mol. The highest BCUT2D eigenvalue weighted by Gasteiger charge is 2.25. The molecule has 0 bridgehead atoms. The number of primary amides is 1. The van der Waals surface area contributed by atoms with Gasteiger partial charge < -0.3 is 15.6 Å². The van der Waals surface area contributed by atoms with Crippen LogP contribution >= 0.6 is 0 Å². The summed E-state index contributed by atoms with van der Waals surface area (Å²) in [5.41, 5.74) is 9.74. The molecule has 1 amide bonds. The number of nitrogens with one attached hydrogen (secondary N) is 1. The first kappa shape index (κ1) is 16.8. The molecule has 4 rings (SSSR count). The number of benzene rings is 2. The van der Waals surface area contributed by atoms with E-state index in [2.05, 4.69) is 53.0 Å². The first-order valence-electron chi connectivity index (χ1n) is 9.16. The minimum Gasteiger partial charge on any atom is -0.366 e. The maximum atomic E-state index is 11.6. The molecule has 2 aromatic carbocycles. The minimum atomic E-state index is -0.458. The molecule has 3 N–H and O–H groups in total. The van der Waals surface area contributed by atoms with Gasteiger partial charge in [-0.3, -0.25) is 4.79 Å². The molecule has 1 atom stereocenters. The summed E-state index contributed by atoms with van der Waals surface area (Å²) in [4.78, 5) is 22.0. The summed E-state index contributed by atoms with van der Waals surface area (Å²) >= 11 is 0. The van der Waals surface area contributed by atoms with Crippen molar-refractivity contribution in [3.8, 4) is 11.4 Å². The number of hydrogen-bond donors (Lipinski definition) is 2. The average molecular weight is 348 g/mol. The van der Waals surface area contributed by atoms with Crippen molar-refractivity contribution in [3.63, 3.8) is 0 Å². The molecule has 5 nitrogen and oxygen atoms in total. The lowest BCUT2D eigenvalue weighted by Gasteiger charge is -2.20. The van der Waals surface area contributed by atoms with Crippen LogP contribution in [0.25, 0.3) is 22.4 Å². The van der Waals surface area contributed by atoms with E-state index in [1.165, 1.54) is 18.5 Å². The number of hydrogen-bond acceptors (Lipinski definition) is 3. The molecule has 1 aliphatic heterocycles. The van der Waals surface area contributed by atoms with E-state index < -0.39 is 5.91 Å². The van der Waals surface area contributed by atoms with Crippen molar-refractivity contribution in [2.24, 2.45) is 5.73 Å². The second-order valence-corrected chi connectivity index (χ2v) is 7.35. The van der Waals surface area contributed by atoms with E-state index in [0.29, 0.717) is 23.0 Å². The first-order chi connectivity index (χ1) is 12.5. The van der Waals surface area contributed by atoms with Crippen LogP contribution in [0.5, 0.6) is 0 Å². The fourth-order valence-electron chi connectivity index (χ4n) is 3.81. The first-order valence-corrected chi connectivity index (χ1v) is 9.16. The minimum absolute atomic E-state index is 0.446. The van der Waals surface area contributed by atoms with Crippen LogP contribution in [0.15, 0.2) is 42.5 Å². The van der Waals surface area contributed by atoms with Gasteiger partial charge in [-0.15, -0.1) is 0 Å². The van der Waals surface area contributed by atoms with Crippen LogP contribution in [0.4, 0.5) is 0 Å². The number of carbonyl (C=O) groups is 1. The molecular formula is C21H24N4O. The van der Waals surface area contributed by atoms with Gasteiger partial charge >= 0.3 is 0 Å². The fourth-order valence-corrected chi connectivity index (χ4v) is 3.81. The molecule has 0 saturated carbocycles. The number of fused-ring (bicyclic) bond motifs is 1. The zero-order chi connectivity index (χ0) is 18.3. The predicted octanol–water partition coefficient (Wildman–Crippen LogP) is 3.53. The summed E-state index contributed by atoms with van der Waals surface area (Å²) in [7, 11) is 0. The molecule has 3 aromatic rings. The number of likely N-dealkylation sites (tertiary alicyclic amines) is 1. The zero-order valence-electron chi connectivity index (χ0n) is 15.2. The molecule has 1 aliphatic rings. The Morgan fingerprint density at radius 3 is 2.65 bits per heavy atom. The van der Waals surface area contributed by atoms with E-state index in [0.717, 1.165) is 23.4 Å². The third kappa shape index (κ3) is 2.99. The van der Waals surface area contributed by atoms with Crippen molar-refractivity contribution in [2.75, 3.05) is 13.1 Å². The number of aromatic amines is 1. The van der Waals surface area contributed by atoms with Gasteiger partial charge in [-0.2, -0.15) is 0 Å². The highest BCUT2D eigenvalue weighted by Crippen LogP contribution is 2.30. The van der Waals surface area contributed by atoms with Crippen molar-refractivity contribution < 1.29 is 4.79 Å². The average Bonchev–Trinajstić information content (AvgIpc) is 3.28. The second-order valence-electron chi connectivity index (χ2n) is 7.35. The van der Waals surface area contributed by atoms with Crippen LogP contribution in [0.2, 0.25) is 0 Å². The molecular weight excluding hydrogens is 324 g/mol. The summed E-state index contributed by atoms with van der Waals surface area (Å²) in [5, 5.41) is 0. The Morgan fingerprint density at radius 2 is 2.00 bits per heavy atom. The quantitative estimate of drug-likeness (QED) is 0.757. The lowest BCUT2D eigenvalue weighted by Crippen LogP contribution is -2.27. The number of H-pyrrole nitrogens is 1. The number of aromatic nitrogens is 2. The summed E-state index contributed by atoms with van der Waals surface area (Å²) in [6.45, 7) is 6.81. The fraction of sp³-hybridized carbons (Fsp3) is 0.333. The molecule has 2 heterocycles. The molecule has 134 valence electrons. The van der Waals surface area contributed by atoms with Crippen LogP contribution in [-0.4, -0.2) is 39.9 Å². The number of nitrogens with zero attached hydrogens (tertiary/aromatic N) is 2. The molecule has 0 aliphatic carbocycles. The number of nitrogens with two attached hydrogens (primary N) is 1. The highest BCUT2D eigenvalue weighted by molar-refractivity contribution is 6.04. The van der Waals surface area contributed by atoms with Crippen molar-refractivity contribution >= 4 is 16.9 Å². The van der Waals surface area contributed by atoms with Gasteiger partial charge in [0.15, 0.2) is 0 Å². The standard InChI is InChI=1S/C21H24N4O/c1-13(2)25-11-10-16(12-25)14-6-8-15(9-7-14)21-23-18-5-3-4-17(20(22)26)19(18)24-21/h3-9,13,16H,10-12H2,1-2H3,(H2,22,26)(H,23,24). The van der Waals surface area contributed by atoms with Crippen LogP contribution in [0.1, 0.15) is 42.1 Å². The van der Waals surface area contributed by atoms with Crippen molar-refractivity contribution in [3.05, 3.63) is 53.6 Å².